The van der Waals surface area contributed by atoms with E-state index in [0.717, 1.165) is 16.7 Å². The summed E-state index contributed by atoms with van der Waals surface area (Å²) >= 11 is 12.5. The van der Waals surface area contributed by atoms with Gasteiger partial charge in [-0.25, -0.2) is 0 Å². The van der Waals surface area contributed by atoms with Crippen LogP contribution in [0.1, 0.15) is 35.6 Å². The Labute approximate surface area is 211 Å². The molecule has 1 N–H and O–H groups in total. The zero-order valence-electron chi connectivity index (χ0n) is 19.6. The maximum atomic E-state index is 13.6. The van der Waals surface area contributed by atoms with Crippen LogP contribution in [0, 0.1) is 6.92 Å². The van der Waals surface area contributed by atoms with E-state index in [9.17, 15) is 9.59 Å². The number of nitrogens with one attached hydrogen (secondary N) is 1. The summed E-state index contributed by atoms with van der Waals surface area (Å²) in [6, 6.07) is 22.4. The molecular formula is C28H30Cl2N2O2. The first kappa shape index (κ1) is 25.8. The van der Waals surface area contributed by atoms with Crippen LogP contribution in [0.4, 0.5) is 0 Å². The van der Waals surface area contributed by atoms with Gasteiger partial charge in [-0.1, -0.05) is 89.4 Å². The van der Waals surface area contributed by atoms with Gasteiger partial charge in [0, 0.05) is 36.0 Å². The van der Waals surface area contributed by atoms with Gasteiger partial charge in [-0.05, 0) is 49.1 Å². The molecule has 0 fully saturated rings. The van der Waals surface area contributed by atoms with Crippen molar-refractivity contribution in [1.82, 2.24) is 10.2 Å². The molecule has 0 heterocycles. The molecule has 0 bridgehead atoms. The Hall–Kier alpha value is -2.82. The lowest BCUT2D eigenvalue weighted by Gasteiger charge is -2.32. The maximum Gasteiger partial charge on any atom is 0.243 e. The lowest BCUT2D eigenvalue weighted by Crippen LogP contribution is -2.50. The van der Waals surface area contributed by atoms with Crippen LogP contribution in [0.5, 0.6) is 0 Å². The van der Waals surface area contributed by atoms with Crippen molar-refractivity contribution in [3.63, 3.8) is 0 Å². The van der Waals surface area contributed by atoms with Crippen LogP contribution >= 0.6 is 23.2 Å². The Bertz CT molecular complexity index is 1100. The molecule has 0 aliphatic carbocycles. The van der Waals surface area contributed by atoms with E-state index in [4.69, 9.17) is 23.2 Å². The predicted octanol–water partition coefficient (Wildman–Crippen LogP) is 6.01. The first-order valence-electron chi connectivity index (χ1n) is 11.5. The summed E-state index contributed by atoms with van der Waals surface area (Å²) < 4.78 is 0. The minimum atomic E-state index is -0.667. The number of amides is 2. The molecule has 1 atom stereocenters. The highest BCUT2D eigenvalue weighted by Gasteiger charge is 2.30. The fraction of sp³-hybridized carbons (Fsp3) is 0.286. The Morgan fingerprint density at radius 3 is 2.29 bits per heavy atom. The summed E-state index contributed by atoms with van der Waals surface area (Å²) in [7, 11) is 0. The molecule has 2 amide bonds. The quantitative estimate of drug-likeness (QED) is 0.373. The molecule has 178 valence electrons. The second-order valence-electron chi connectivity index (χ2n) is 8.34. The second-order valence-corrected chi connectivity index (χ2v) is 9.19. The summed E-state index contributed by atoms with van der Waals surface area (Å²) in [6.45, 7) is 4.61. The first-order chi connectivity index (χ1) is 16.4. The lowest BCUT2D eigenvalue weighted by molar-refractivity contribution is -0.141. The van der Waals surface area contributed by atoms with Crippen LogP contribution in [0.3, 0.4) is 0 Å². The second kappa shape index (κ2) is 12.6. The number of carbonyl (C=O) groups excluding carboxylic acids is 2. The third-order valence-electron chi connectivity index (χ3n) is 5.73. The molecule has 3 rings (SSSR count). The van der Waals surface area contributed by atoms with Gasteiger partial charge < -0.3 is 10.2 Å². The van der Waals surface area contributed by atoms with Crippen molar-refractivity contribution in [1.29, 1.82) is 0 Å². The van der Waals surface area contributed by atoms with E-state index in [1.807, 2.05) is 74.5 Å². The molecule has 4 nitrogen and oxygen atoms in total. The van der Waals surface area contributed by atoms with Gasteiger partial charge in [0.05, 0.1) is 0 Å². The first-order valence-corrected chi connectivity index (χ1v) is 12.2. The van der Waals surface area contributed by atoms with Crippen LogP contribution in [0.2, 0.25) is 10.0 Å². The monoisotopic (exact) mass is 496 g/mol. The molecule has 0 saturated heterocycles. The highest BCUT2D eigenvalue weighted by molar-refractivity contribution is 6.35. The zero-order valence-corrected chi connectivity index (χ0v) is 21.1. The molecule has 0 spiro atoms. The minimum Gasteiger partial charge on any atom is -0.355 e. The van der Waals surface area contributed by atoms with Crippen LogP contribution in [0.25, 0.3) is 0 Å². The Kier molecular flexibility index (Phi) is 9.55. The minimum absolute atomic E-state index is 0.0984. The van der Waals surface area contributed by atoms with Crippen molar-refractivity contribution < 1.29 is 9.59 Å². The molecule has 3 aromatic rings. The molecule has 34 heavy (non-hydrogen) atoms. The number of carbonyl (C=O) groups is 2. The fourth-order valence-corrected chi connectivity index (χ4v) is 4.30. The van der Waals surface area contributed by atoms with Gasteiger partial charge in [0.1, 0.15) is 6.04 Å². The number of nitrogens with zero attached hydrogens (tertiary/aromatic N) is 1. The van der Waals surface area contributed by atoms with Crippen molar-refractivity contribution in [2.75, 3.05) is 6.54 Å². The summed E-state index contributed by atoms with van der Waals surface area (Å²) in [5, 5.41) is 3.90. The number of likely N-dealkylation sites (N-methyl/N-ethyl adjacent to an activating group) is 1. The van der Waals surface area contributed by atoms with E-state index in [2.05, 4.69) is 5.32 Å². The van der Waals surface area contributed by atoms with Gasteiger partial charge in [-0.15, -0.1) is 0 Å². The zero-order chi connectivity index (χ0) is 24.5. The van der Waals surface area contributed by atoms with Gasteiger partial charge in [0.2, 0.25) is 11.8 Å². The van der Waals surface area contributed by atoms with Crippen molar-refractivity contribution >= 4 is 35.0 Å². The third kappa shape index (κ3) is 7.34. The summed E-state index contributed by atoms with van der Waals surface area (Å²) in [4.78, 5) is 28.4. The van der Waals surface area contributed by atoms with Gasteiger partial charge >= 0.3 is 0 Å². The normalized spacial score (nSPS) is 11.6. The van der Waals surface area contributed by atoms with E-state index in [-0.39, 0.29) is 18.4 Å². The maximum absolute atomic E-state index is 13.6. The topological polar surface area (TPSA) is 49.4 Å². The van der Waals surface area contributed by atoms with E-state index in [0.29, 0.717) is 35.9 Å². The number of aryl methyl sites for hydroxylation is 2. The van der Waals surface area contributed by atoms with Gasteiger partial charge in [-0.3, -0.25) is 9.59 Å². The number of hydrogen-bond acceptors (Lipinski definition) is 2. The van der Waals surface area contributed by atoms with Crippen LogP contribution in [0.15, 0.2) is 72.8 Å². The van der Waals surface area contributed by atoms with Gasteiger partial charge in [-0.2, -0.15) is 0 Å². The summed E-state index contributed by atoms with van der Waals surface area (Å²) in [5.41, 5.74) is 3.99. The lowest BCUT2D eigenvalue weighted by atomic mass is 10.0. The molecule has 3 aromatic carbocycles. The predicted molar refractivity (Wildman–Crippen MR) is 139 cm³/mol. The van der Waals surface area contributed by atoms with E-state index in [1.165, 1.54) is 5.56 Å². The van der Waals surface area contributed by atoms with Crippen molar-refractivity contribution in [3.8, 4) is 0 Å². The molecular weight excluding hydrogens is 467 g/mol. The molecule has 0 aliphatic heterocycles. The van der Waals surface area contributed by atoms with E-state index < -0.39 is 6.04 Å². The smallest absolute Gasteiger partial charge is 0.243 e. The largest absolute Gasteiger partial charge is 0.355 e. The number of benzene rings is 3. The number of halogens is 2. The molecule has 0 saturated carbocycles. The summed E-state index contributed by atoms with van der Waals surface area (Å²) in [5.74, 6) is -0.279. The van der Waals surface area contributed by atoms with Crippen molar-refractivity contribution in [3.05, 3.63) is 105 Å². The van der Waals surface area contributed by atoms with E-state index >= 15 is 0 Å². The average Bonchev–Trinajstić information content (AvgIpc) is 2.82. The van der Waals surface area contributed by atoms with Gasteiger partial charge in [0.15, 0.2) is 0 Å². The fourth-order valence-electron chi connectivity index (χ4n) is 3.83. The SMILES string of the molecule is CCNC(=O)C(Cc1ccccc1)N(Cc1ccc(Cl)cc1Cl)C(=O)CCc1ccc(C)cc1. The molecule has 1 unspecified atom stereocenters. The van der Waals surface area contributed by atoms with Crippen LogP contribution in [-0.4, -0.2) is 29.3 Å². The molecule has 6 heteroatoms. The Balaban J connectivity index is 1.91. The van der Waals surface area contributed by atoms with Crippen molar-refractivity contribution in [2.24, 2.45) is 0 Å². The number of rotatable bonds is 10. The standard InChI is InChI=1S/C28H30Cl2N2O2/c1-3-31-28(34)26(17-22-7-5-4-6-8-22)32(19-23-14-15-24(29)18-25(23)30)27(33)16-13-21-11-9-20(2)10-12-21/h4-12,14-15,18,26H,3,13,16-17,19H2,1-2H3,(H,31,34). The Morgan fingerprint density at radius 2 is 1.65 bits per heavy atom. The van der Waals surface area contributed by atoms with E-state index in [1.54, 1.807) is 17.0 Å². The highest BCUT2D eigenvalue weighted by atomic mass is 35.5. The third-order valence-corrected chi connectivity index (χ3v) is 6.31. The average molecular weight is 497 g/mol. The highest BCUT2D eigenvalue weighted by Crippen LogP contribution is 2.24. The molecule has 0 radical (unpaired) electrons. The van der Waals surface area contributed by atoms with Gasteiger partial charge in [0.25, 0.3) is 0 Å². The molecule has 0 aromatic heterocycles. The summed E-state index contributed by atoms with van der Waals surface area (Å²) in [6.07, 6.45) is 1.30. The van der Waals surface area contributed by atoms with Crippen LogP contribution in [-0.2, 0) is 29.0 Å². The number of hydrogen-bond donors (Lipinski definition) is 1. The molecule has 0 aliphatic rings. The van der Waals surface area contributed by atoms with Crippen LogP contribution < -0.4 is 5.32 Å². The Morgan fingerprint density at radius 1 is 0.941 bits per heavy atom. The van der Waals surface area contributed by atoms with Crippen molar-refractivity contribution in [2.45, 2.75) is 45.7 Å².